The Morgan fingerprint density at radius 1 is 0.879 bits per heavy atom. The van der Waals surface area contributed by atoms with Gasteiger partial charge in [-0.3, -0.25) is 14.9 Å². The molecule has 0 spiro atoms. The molecule has 0 amide bonds. The van der Waals surface area contributed by atoms with Gasteiger partial charge in [0.15, 0.2) is 0 Å². The number of nitrogens with zero attached hydrogens (tertiary/aromatic N) is 2. The first kappa shape index (κ1) is 21.7. The van der Waals surface area contributed by atoms with Gasteiger partial charge >= 0.3 is 11.9 Å². The molecule has 0 aliphatic heterocycles. The van der Waals surface area contributed by atoms with E-state index in [1.54, 1.807) is 18.2 Å². The Labute approximate surface area is 187 Å². The highest BCUT2D eigenvalue weighted by Gasteiger charge is 2.35. The van der Waals surface area contributed by atoms with Crippen molar-refractivity contribution in [3.05, 3.63) is 92.7 Å². The number of esters is 2. The van der Waals surface area contributed by atoms with Crippen LogP contribution in [-0.2, 0) is 9.47 Å². The molecule has 4 aromatic rings. The number of methoxy groups -OCH3 is 2. The topological polar surface area (TPSA) is 117 Å². The first-order chi connectivity index (χ1) is 15.8. The number of para-hydroxylation sites is 2. The van der Waals surface area contributed by atoms with Crippen LogP contribution in [0.4, 0.5) is 5.69 Å². The number of carbonyl (C=O) groups is 3. The molecule has 4 rings (SSSR count). The quantitative estimate of drug-likeness (QED) is 0.196. The van der Waals surface area contributed by atoms with Gasteiger partial charge in [0.05, 0.1) is 30.2 Å². The molecule has 0 saturated heterocycles. The molecule has 166 valence electrons. The molecule has 2 aromatic heterocycles. The summed E-state index contributed by atoms with van der Waals surface area (Å²) >= 11 is 0. The number of ether oxygens (including phenoxy) is 2. The van der Waals surface area contributed by atoms with Crippen LogP contribution in [-0.4, -0.2) is 41.3 Å². The largest absolute Gasteiger partial charge is 0.465 e. The van der Waals surface area contributed by atoms with E-state index in [9.17, 15) is 24.5 Å². The number of hydrogen-bond donors (Lipinski definition) is 0. The second-order valence-electron chi connectivity index (χ2n) is 7.25. The van der Waals surface area contributed by atoms with Crippen molar-refractivity contribution in [2.45, 2.75) is 6.92 Å². The van der Waals surface area contributed by atoms with Crippen LogP contribution in [0.25, 0.3) is 16.4 Å². The fourth-order valence-corrected chi connectivity index (χ4v) is 4.04. The van der Waals surface area contributed by atoms with Gasteiger partial charge in [0.25, 0.3) is 5.69 Å². The summed E-state index contributed by atoms with van der Waals surface area (Å²) in [5.74, 6) is -2.59. The van der Waals surface area contributed by atoms with Gasteiger partial charge in [0.1, 0.15) is 22.4 Å². The van der Waals surface area contributed by atoms with E-state index >= 15 is 0 Å². The Hall–Kier alpha value is -4.53. The molecular weight excluding hydrogens is 428 g/mol. The average Bonchev–Trinajstić information content (AvgIpc) is 3.17. The van der Waals surface area contributed by atoms with Crippen LogP contribution in [0.2, 0.25) is 0 Å². The lowest BCUT2D eigenvalue weighted by Crippen LogP contribution is -2.16. The molecule has 0 bridgehead atoms. The van der Waals surface area contributed by atoms with Gasteiger partial charge in [0.2, 0.25) is 5.78 Å². The fraction of sp³-hybridized carbons (Fsp3) is 0.125. The lowest BCUT2D eigenvalue weighted by atomic mass is 10.0. The van der Waals surface area contributed by atoms with Crippen molar-refractivity contribution in [2.75, 3.05) is 14.2 Å². The third-order valence-corrected chi connectivity index (χ3v) is 5.47. The van der Waals surface area contributed by atoms with E-state index in [0.29, 0.717) is 5.52 Å². The molecule has 0 N–H and O–H groups in total. The number of nitro benzene ring substituents is 1. The lowest BCUT2D eigenvalue weighted by Gasteiger charge is -2.10. The van der Waals surface area contributed by atoms with E-state index in [0.717, 1.165) is 25.2 Å². The number of hydrogen-bond acceptors (Lipinski definition) is 7. The van der Waals surface area contributed by atoms with E-state index in [2.05, 4.69) is 0 Å². The minimum Gasteiger partial charge on any atom is -0.465 e. The Morgan fingerprint density at radius 3 is 2.15 bits per heavy atom. The van der Waals surface area contributed by atoms with Crippen molar-refractivity contribution in [1.82, 2.24) is 4.40 Å². The van der Waals surface area contributed by atoms with Crippen LogP contribution in [0.5, 0.6) is 0 Å². The smallest absolute Gasteiger partial charge is 0.341 e. The van der Waals surface area contributed by atoms with Gasteiger partial charge in [-0.25, -0.2) is 9.59 Å². The summed E-state index contributed by atoms with van der Waals surface area (Å²) in [7, 11) is 2.28. The summed E-state index contributed by atoms with van der Waals surface area (Å²) in [6.07, 6.45) is 0. The van der Waals surface area contributed by atoms with E-state index in [4.69, 9.17) is 9.47 Å². The average molecular weight is 446 g/mol. The van der Waals surface area contributed by atoms with Crippen molar-refractivity contribution in [3.63, 3.8) is 0 Å². The monoisotopic (exact) mass is 446 g/mol. The third-order valence-electron chi connectivity index (χ3n) is 5.47. The second-order valence-corrected chi connectivity index (χ2v) is 7.25. The number of rotatable bonds is 5. The Morgan fingerprint density at radius 2 is 1.48 bits per heavy atom. The number of fused-ring (bicyclic) bond motifs is 3. The standard InChI is InChI=1S/C24H18N2O7/c1-13-12-18-19(23(28)32-2)20(24(29)33-3)21(25(18)16-10-6-4-8-14(13)16)22(27)15-9-5-7-11-17(15)26(30)31/h4-12H,1-3H3. The number of carbonyl (C=O) groups excluding carboxylic acids is 3. The second kappa shape index (κ2) is 8.19. The van der Waals surface area contributed by atoms with Gasteiger partial charge < -0.3 is 13.9 Å². The summed E-state index contributed by atoms with van der Waals surface area (Å²) in [5, 5.41) is 12.4. The Bertz CT molecular complexity index is 1480. The van der Waals surface area contributed by atoms with Crippen LogP contribution >= 0.6 is 0 Å². The van der Waals surface area contributed by atoms with Gasteiger partial charge in [-0.1, -0.05) is 30.3 Å². The van der Waals surface area contributed by atoms with E-state index in [1.807, 2.05) is 19.1 Å². The van der Waals surface area contributed by atoms with Crippen molar-refractivity contribution in [1.29, 1.82) is 0 Å². The van der Waals surface area contributed by atoms with Crippen LogP contribution in [0, 0.1) is 17.0 Å². The zero-order chi connectivity index (χ0) is 23.9. The summed E-state index contributed by atoms with van der Waals surface area (Å²) < 4.78 is 11.3. The maximum atomic E-state index is 13.8. The first-order valence-electron chi connectivity index (χ1n) is 9.83. The van der Waals surface area contributed by atoms with Crippen LogP contribution in [0.3, 0.4) is 0 Å². The molecule has 2 heterocycles. The Kier molecular flexibility index (Phi) is 5.39. The minimum atomic E-state index is -0.942. The predicted octanol–water partition coefficient (Wildman–Crippen LogP) is 4.11. The normalized spacial score (nSPS) is 10.9. The predicted molar refractivity (Wildman–Crippen MR) is 119 cm³/mol. The summed E-state index contributed by atoms with van der Waals surface area (Å²) in [6.45, 7) is 1.83. The highest BCUT2D eigenvalue weighted by Crippen LogP contribution is 2.34. The van der Waals surface area contributed by atoms with Crippen molar-refractivity contribution in [2.24, 2.45) is 0 Å². The molecule has 9 nitrogen and oxygen atoms in total. The minimum absolute atomic E-state index is 0.153. The Balaban J connectivity index is 2.25. The van der Waals surface area contributed by atoms with Crippen molar-refractivity contribution < 1.29 is 28.8 Å². The van der Waals surface area contributed by atoms with Gasteiger partial charge in [-0.2, -0.15) is 0 Å². The van der Waals surface area contributed by atoms with Crippen molar-refractivity contribution >= 4 is 39.8 Å². The van der Waals surface area contributed by atoms with Crippen molar-refractivity contribution in [3.8, 4) is 0 Å². The molecule has 33 heavy (non-hydrogen) atoms. The molecule has 0 radical (unpaired) electrons. The number of aryl methyl sites for hydroxylation is 1. The molecule has 0 atom stereocenters. The van der Waals surface area contributed by atoms with Crippen LogP contribution in [0.1, 0.15) is 42.3 Å². The summed E-state index contributed by atoms with van der Waals surface area (Å²) in [5.41, 5.74) is 0.237. The highest BCUT2D eigenvalue weighted by molar-refractivity contribution is 6.21. The highest BCUT2D eigenvalue weighted by atomic mass is 16.6. The summed E-state index contributed by atoms with van der Waals surface area (Å²) in [6, 6.07) is 14.2. The first-order valence-corrected chi connectivity index (χ1v) is 9.83. The zero-order valence-electron chi connectivity index (χ0n) is 17.9. The molecule has 0 fully saturated rings. The maximum absolute atomic E-state index is 13.8. The molecular formula is C24H18N2O7. The van der Waals surface area contributed by atoms with Gasteiger partial charge in [0, 0.05) is 11.5 Å². The molecule has 0 aliphatic carbocycles. The molecule has 0 saturated carbocycles. The van der Waals surface area contributed by atoms with Crippen LogP contribution < -0.4 is 0 Å². The van der Waals surface area contributed by atoms with Gasteiger partial charge in [-0.05, 0) is 30.7 Å². The zero-order valence-corrected chi connectivity index (χ0v) is 17.9. The number of nitro groups is 1. The van der Waals surface area contributed by atoms with Gasteiger partial charge in [-0.15, -0.1) is 0 Å². The number of benzene rings is 2. The third kappa shape index (κ3) is 3.30. The van der Waals surface area contributed by atoms with Crippen LogP contribution in [0.15, 0.2) is 54.6 Å². The SMILES string of the molecule is COC(=O)c1c(C(=O)OC)c2cc(C)c3ccccc3n2c1C(=O)c1ccccc1[N+](=O)[O-]. The molecule has 0 unspecified atom stereocenters. The van der Waals surface area contributed by atoms with E-state index < -0.39 is 28.3 Å². The lowest BCUT2D eigenvalue weighted by molar-refractivity contribution is -0.385. The molecule has 0 aliphatic rings. The number of ketones is 1. The number of aromatic nitrogens is 1. The molecule has 9 heteroatoms. The fourth-order valence-electron chi connectivity index (χ4n) is 4.04. The molecule has 2 aromatic carbocycles. The maximum Gasteiger partial charge on any atom is 0.341 e. The van der Waals surface area contributed by atoms with E-state index in [-0.39, 0.29) is 27.9 Å². The number of pyridine rings is 1. The summed E-state index contributed by atoms with van der Waals surface area (Å²) in [4.78, 5) is 50.4. The van der Waals surface area contributed by atoms with E-state index in [1.165, 1.54) is 28.7 Å².